The number of carbonyl (C=O) groups is 1. The predicted octanol–water partition coefficient (Wildman–Crippen LogP) is 1.51. The molecule has 0 spiro atoms. The van der Waals surface area contributed by atoms with Crippen molar-refractivity contribution in [3.8, 4) is 5.75 Å². The van der Waals surface area contributed by atoms with Gasteiger partial charge in [-0.05, 0) is 19.9 Å². The number of anilines is 1. The quantitative estimate of drug-likeness (QED) is 0.740. The molecule has 0 saturated heterocycles. The molecule has 1 amide bonds. The molecular formula is C18H20N6O2. The Kier molecular flexibility index (Phi) is 3.95. The lowest BCUT2D eigenvalue weighted by Crippen LogP contribution is -2.33. The van der Waals surface area contributed by atoms with E-state index < -0.39 is 0 Å². The number of amides is 1. The van der Waals surface area contributed by atoms with Crippen LogP contribution in [0.2, 0.25) is 0 Å². The lowest BCUT2D eigenvalue weighted by Gasteiger charge is -2.26. The van der Waals surface area contributed by atoms with Gasteiger partial charge in [-0.2, -0.15) is 9.50 Å². The number of nitrogens with one attached hydrogen (secondary N) is 1. The smallest absolute Gasteiger partial charge is 0.254 e. The highest BCUT2D eigenvalue weighted by Gasteiger charge is 2.23. The fraction of sp³-hybridized carbons (Fsp3) is 0.333. The van der Waals surface area contributed by atoms with Crippen LogP contribution in [0, 0.1) is 13.8 Å². The van der Waals surface area contributed by atoms with Crippen molar-refractivity contribution in [1.82, 2.24) is 24.9 Å². The molecule has 0 radical (unpaired) electrons. The minimum atomic E-state index is -0.0628. The Balaban J connectivity index is 1.57. The fourth-order valence-electron chi connectivity index (χ4n) is 3.38. The van der Waals surface area contributed by atoms with Gasteiger partial charge in [0.2, 0.25) is 11.9 Å². The van der Waals surface area contributed by atoms with Gasteiger partial charge in [0, 0.05) is 28.9 Å². The number of aromatic nitrogens is 4. The maximum atomic E-state index is 12.7. The van der Waals surface area contributed by atoms with E-state index >= 15 is 0 Å². The highest BCUT2D eigenvalue weighted by atomic mass is 16.5. The average Bonchev–Trinajstić information content (AvgIpc) is 2.99. The van der Waals surface area contributed by atoms with Gasteiger partial charge in [-0.15, -0.1) is 5.10 Å². The van der Waals surface area contributed by atoms with Crippen LogP contribution in [0.4, 0.5) is 5.95 Å². The number of benzene rings is 1. The van der Waals surface area contributed by atoms with E-state index in [4.69, 9.17) is 10.5 Å². The van der Waals surface area contributed by atoms with Gasteiger partial charge in [-0.25, -0.2) is 4.98 Å². The first-order valence-corrected chi connectivity index (χ1v) is 8.52. The van der Waals surface area contributed by atoms with E-state index in [0.29, 0.717) is 12.4 Å². The van der Waals surface area contributed by atoms with Crippen molar-refractivity contribution in [2.75, 3.05) is 12.3 Å². The van der Waals surface area contributed by atoms with Crippen LogP contribution in [0.3, 0.4) is 0 Å². The summed E-state index contributed by atoms with van der Waals surface area (Å²) in [4.78, 5) is 21.2. The summed E-state index contributed by atoms with van der Waals surface area (Å²) in [6.45, 7) is 4.35. The van der Waals surface area contributed by atoms with Gasteiger partial charge in [0.1, 0.15) is 5.75 Å². The van der Waals surface area contributed by atoms with Gasteiger partial charge in [-0.3, -0.25) is 4.79 Å². The van der Waals surface area contributed by atoms with Crippen LogP contribution >= 0.6 is 0 Å². The molecule has 26 heavy (non-hydrogen) atoms. The number of hydrogen-bond donors (Lipinski definition) is 2. The first-order chi connectivity index (χ1) is 12.5. The van der Waals surface area contributed by atoms with Crippen LogP contribution in [-0.2, 0) is 11.2 Å². The number of nitrogen functional groups attached to an aromatic ring is 1. The summed E-state index contributed by atoms with van der Waals surface area (Å²) < 4.78 is 7.23. The summed E-state index contributed by atoms with van der Waals surface area (Å²) in [5.41, 5.74) is 9.07. The maximum absolute atomic E-state index is 12.7. The second kappa shape index (κ2) is 6.29. The molecule has 8 heteroatoms. The van der Waals surface area contributed by atoms with Crippen LogP contribution in [0.5, 0.6) is 5.75 Å². The van der Waals surface area contributed by atoms with Gasteiger partial charge in [0.25, 0.3) is 5.78 Å². The Labute approximate surface area is 150 Å². The van der Waals surface area contributed by atoms with E-state index in [1.807, 2.05) is 38.1 Å². The number of aryl methyl sites for hydroxylation is 2. The normalized spacial score (nSPS) is 16.2. The third kappa shape index (κ3) is 2.83. The molecule has 0 fully saturated rings. The topological polar surface area (TPSA) is 107 Å². The van der Waals surface area contributed by atoms with Gasteiger partial charge in [0.05, 0.1) is 19.1 Å². The Bertz CT molecular complexity index is 997. The third-order valence-corrected chi connectivity index (χ3v) is 4.70. The molecule has 3 N–H and O–H groups in total. The van der Waals surface area contributed by atoms with Crippen molar-refractivity contribution >= 4 is 17.6 Å². The van der Waals surface area contributed by atoms with Crippen molar-refractivity contribution in [1.29, 1.82) is 0 Å². The number of hydrogen-bond acceptors (Lipinski definition) is 6. The summed E-state index contributed by atoms with van der Waals surface area (Å²) in [6, 6.07) is 7.75. The zero-order chi connectivity index (χ0) is 18.3. The summed E-state index contributed by atoms with van der Waals surface area (Å²) in [5.74, 6) is 1.38. The van der Waals surface area contributed by atoms with E-state index in [9.17, 15) is 4.79 Å². The molecule has 1 unspecified atom stereocenters. The number of nitrogens with two attached hydrogens (primary N) is 1. The largest absolute Gasteiger partial charge is 0.493 e. The average molecular weight is 352 g/mol. The number of para-hydroxylation sites is 1. The zero-order valence-corrected chi connectivity index (χ0v) is 14.7. The number of rotatable bonds is 3. The first-order valence-electron chi connectivity index (χ1n) is 8.52. The zero-order valence-electron chi connectivity index (χ0n) is 14.7. The molecule has 134 valence electrons. The molecule has 1 aliphatic heterocycles. The van der Waals surface area contributed by atoms with E-state index in [0.717, 1.165) is 34.7 Å². The molecule has 3 aromatic rings. The summed E-state index contributed by atoms with van der Waals surface area (Å²) in [6.07, 6.45) is 0.970. The van der Waals surface area contributed by atoms with Crippen LogP contribution in [0.25, 0.3) is 5.78 Å². The SMILES string of the molecule is Cc1nc2nc(N)nn2c(C)c1CC(=O)NC1CCOc2ccccc21. The van der Waals surface area contributed by atoms with Crippen LogP contribution in [-0.4, -0.2) is 32.1 Å². The van der Waals surface area contributed by atoms with Gasteiger partial charge in [-0.1, -0.05) is 18.2 Å². The number of fused-ring (bicyclic) bond motifs is 2. The molecule has 1 aliphatic rings. The molecule has 0 aliphatic carbocycles. The number of nitrogens with zero attached hydrogens (tertiary/aromatic N) is 4. The van der Waals surface area contributed by atoms with Gasteiger partial charge in [0.15, 0.2) is 0 Å². The van der Waals surface area contributed by atoms with E-state index in [-0.39, 0.29) is 24.3 Å². The van der Waals surface area contributed by atoms with Crippen molar-refractivity contribution in [2.24, 2.45) is 0 Å². The number of ether oxygens (including phenoxy) is 1. The second-order valence-electron chi connectivity index (χ2n) is 6.41. The summed E-state index contributed by atoms with van der Waals surface area (Å²) in [5, 5.41) is 7.25. The lowest BCUT2D eigenvalue weighted by atomic mass is 10.00. The standard InChI is InChI=1S/C18H20N6O2/c1-10-13(11(2)24-18(20-10)22-17(19)23-24)9-16(25)21-14-7-8-26-15-6-4-3-5-12(14)15/h3-6,14H,7-9H2,1-2H3,(H2,19,23)(H,21,25). The van der Waals surface area contributed by atoms with Crippen LogP contribution in [0.15, 0.2) is 24.3 Å². The van der Waals surface area contributed by atoms with Gasteiger partial charge >= 0.3 is 0 Å². The minimum absolute atomic E-state index is 0.0493. The molecule has 0 saturated carbocycles. The highest BCUT2D eigenvalue weighted by molar-refractivity contribution is 5.79. The second-order valence-corrected chi connectivity index (χ2v) is 6.41. The van der Waals surface area contributed by atoms with E-state index in [1.54, 1.807) is 4.52 Å². The van der Waals surface area contributed by atoms with Crippen molar-refractivity contribution < 1.29 is 9.53 Å². The monoisotopic (exact) mass is 352 g/mol. The van der Waals surface area contributed by atoms with Crippen LogP contribution < -0.4 is 15.8 Å². The molecule has 0 bridgehead atoms. The van der Waals surface area contributed by atoms with Crippen molar-refractivity contribution in [2.45, 2.75) is 32.7 Å². The highest BCUT2D eigenvalue weighted by Crippen LogP contribution is 2.31. The Morgan fingerprint density at radius 1 is 1.35 bits per heavy atom. The minimum Gasteiger partial charge on any atom is -0.493 e. The lowest BCUT2D eigenvalue weighted by molar-refractivity contribution is -0.121. The van der Waals surface area contributed by atoms with Gasteiger partial charge < -0.3 is 15.8 Å². The summed E-state index contributed by atoms with van der Waals surface area (Å²) in [7, 11) is 0. The first kappa shape index (κ1) is 16.3. The molecule has 8 nitrogen and oxygen atoms in total. The Morgan fingerprint density at radius 3 is 3.00 bits per heavy atom. The molecule has 1 aromatic carbocycles. The molecule has 1 atom stereocenters. The molecular weight excluding hydrogens is 332 g/mol. The number of carbonyl (C=O) groups excluding carboxylic acids is 1. The van der Waals surface area contributed by atoms with Crippen molar-refractivity contribution in [3.63, 3.8) is 0 Å². The fourth-order valence-corrected chi connectivity index (χ4v) is 3.38. The third-order valence-electron chi connectivity index (χ3n) is 4.70. The van der Waals surface area contributed by atoms with E-state index in [2.05, 4.69) is 20.4 Å². The Morgan fingerprint density at radius 2 is 2.15 bits per heavy atom. The molecule has 2 aromatic heterocycles. The summed E-state index contributed by atoms with van der Waals surface area (Å²) >= 11 is 0. The predicted molar refractivity (Wildman–Crippen MR) is 95.8 cm³/mol. The van der Waals surface area contributed by atoms with Crippen molar-refractivity contribution in [3.05, 3.63) is 46.8 Å². The molecule has 3 heterocycles. The Hall–Kier alpha value is -3.16. The molecule has 4 rings (SSSR count). The maximum Gasteiger partial charge on any atom is 0.254 e. The van der Waals surface area contributed by atoms with Crippen LogP contribution in [0.1, 0.15) is 35.0 Å². The van der Waals surface area contributed by atoms with E-state index in [1.165, 1.54) is 0 Å².